The highest BCUT2D eigenvalue weighted by molar-refractivity contribution is 8.18. The summed E-state index contributed by atoms with van der Waals surface area (Å²) in [5.41, 5.74) is 6.38. The van der Waals surface area contributed by atoms with Gasteiger partial charge in [-0.1, -0.05) is 12.1 Å². The zero-order chi connectivity index (χ0) is 17.7. The minimum atomic E-state index is -1.06. The summed E-state index contributed by atoms with van der Waals surface area (Å²) in [7, 11) is 1.20. The molecule has 0 aromatic heterocycles. The molecule has 128 valence electrons. The van der Waals surface area contributed by atoms with Crippen LogP contribution in [0, 0.1) is 0 Å². The molecule has 2 amide bonds. The number of rotatable bonds is 6. The molecule has 1 unspecified atom stereocenters. The molecule has 1 heterocycles. The number of hydrogen-bond acceptors (Lipinski definition) is 7. The topological polar surface area (TPSA) is 98.9 Å². The smallest absolute Gasteiger partial charge is 0.324 e. The van der Waals surface area contributed by atoms with E-state index in [9.17, 15) is 14.4 Å². The zero-order valence-corrected chi connectivity index (χ0v) is 14.2. The Morgan fingerprint density at radius 2 is 2.00 bits per heavy atom. The van der Waals surface area contributed by atoms with Crippen molar-refractivity contribution < 1.29 is 23.9 Å². The number of thioether (sulfide) groups is 1. The monoisotopic (exact) mass is 350 g/mol. The lowest BCUT2D eigenvalue weighted by Crippen LogP contribution is -2.44. The number of imide groups is 1. The highest BCUT2D eigenvalue weighted by Crippen LogP contribution is 2.32. The Balaban J connectivity index is 2.11. The van der Waals surface area contributed by atoms with Gasteiger partial charge in [0.2, 0.25) is 0 Å². The maximum absolute atomic E-state index is 12.3. The van der Waals surface area contributed by atoms with Crippen molar-refractivity contribution in [2.24, 2.45) is 5.73 Å². The molecule has 2 rings (SSSR count). The van der Waals surface area contributed by atoms with Crippen LogP contribution in [0.4, 0.5) is 4.79 Å². The third-order valence-electron chi connectivity index (χ3n) is 3.25. The van der Waals surface area contributed by atoms with E-state index in [0.29, 0.717) is 6.61 Å². The number of benzene rings is 1. The molecule has 0 aliphatic carbocycles. The fraction of sp³-hybridized carbons (Fsp3) is 0.312. The Labute approximate surface area is 143 Å². The van der Waals surface area contributed by atoms with Crippen molar-refractivity contribution in [3.8, 4) is 5.75 Å². The summed E-state index contributed by atoms with van der Waals surface area (Å²) in [6.07, 6.45) is 1.62. The van der Waals surface area contributed by atoms with Gasteiger partial charge in [0.05, 0.1) is 25.2 Å². The first-order valence-electron chi connectivity index (χ1n) is 7.28. The third-order valence-corrected chi connectivity index (χ3v) is 4.15. The van der Waals surface area contributed by atoms with E-state index in [1.54, 1.807) is 30.3 Å². The second kappa shape index (κ2) is 7.98. The van der Waals surface area contributed by atoms with Crippen LogP contribution in [0.3, 0.4) is 0 Å². The number of esters is 1. The Morgan fingerprint density at radius 3 is 2.58 bits per heavy atom. The summed E-state index contributed by atoms with van der Waals surface area (Å²) in [4.78, 5) is 36.9. The molecule has 7 nitrogen and oxygen atoms in total. The molecule has 2 N–H and O–H groups in total. The van der Waals surface area contributed by atoms with Gasteiger partial charge in [-0.15, -0.1) is 0 Å². The van der Waals surface area contributed by atoms with E-state index in [-0.39, 0.29) is 11.4 Å². The van der Waals surface area contributed by atoms with Crippen molar-refractivity contribution in [1.82, 2.24) is 4.90 Å². The first kappa shape index (κ1) is 18.0. The second-order valence-corrected chi connectivity index (χ2v) is 5.92. The van der Waals surface area contributed by atoms with E-state index in [1.165, 1.54) is 7.11 Å². The van der Waals surface area contributed by atoms with E-state index < -0.39 is 23.2 Å². The van der Waals surface area contributed by atoms with Crippen molar-refractivity contribution in [3.63, 3.8) is 0 Å². The molecular weight excluding hydrogens is 332 g/mol. The molecular formula is C16H18N2O5S. The van der Waals surface area contributed by atoms with Crippen LogP contribution in [-0.4, -0.2) is 48.3 Å². The highest BCUT2D eigenvalue weighted by Gasteiger charge is 2.37. The maximum atomic E-state index is 12.3. The fourth-order valence-electron chi connectivity index (χ4n) is 2.06. The molecule has 1 fully saturated rings. The highest BCUT2D eigenvalue weighted by atomic mass is 32.2. The SMILES string of the molecule is CCOc1ccc(C=C2SC(=O)N(CC(N)C(=O)OC)C2=O)cc1. The second-order valence-electron chi connectivity index (χ2n) is 4.92. The minimum Gasteiger partial charge on any atom is -0.494 e. The lowest BCUT2D eigenvalue weighted by Gasteiger charge is -2.16. The van der Waals surface area contributed by atoms with E-state index in [1.807, 2.05) is 6.92 Å². The minimum absolute atomic E-state index is 0.210. The Morgan fingerprint density at radius 1 is 1.33 bits per heavy atom. The van der Waals surface area contributed by atoms with Gasteiger partial charge in [0, 0.05) is 0 Å². The van der Waals surface area contributed by atoms with Gasteiger partial charge in [-0.05, 0) is 42.5 Å². The van der Waals surface area contributed by atoms with Crippen LogP contribution in [0.2, 0.25) is 0 Å². The van der Waals surface area contributed by atoms with Gasteiger partial charge in [0.1, 0.15) is 11.8 Å². The first-order valence-corrected chi connectivity index (χ1v) is 8.09. The van der Waals surface area contributed by atoms with Crippen molar-refractivity contribution in [2.75, 3.05) is 20.3 Å². The van der Waals surface area contributed by atoms with Crippen LogP contribution in [0.25, 0.3) is 6.08 Å². The summed E-state index contributed by atoms with van der Waals surface area (Å²) in [6.45, 7) is 2.25. The average Bonchev–Trinajstić information content (AvgIpc) is 2.83. The van der Waals surface area contributed by atoms with Crippen LogP contribution >= 0.6 is 11.8 Å². The lowest BCUT2D eigenvalue weighted by molar-refractivity contribution is -0.142. The number of amides is 2. The van der Waals surface area contributed by atoms with Crippen LogP contribution in [0.15, 0.2) is 29.2 Å². The van der Waals surface area contributed by atoms with Crippen LogP contribution in [-0.2, 0) is 14.3 Å². The van der Waals surface area contributed by atoms with E-state index >= 15 is 0 Å². The number of carbonyl (C=O) groups is 3. The lowest BCUT2D eigenvalue weighted by atomic mass is 10.2. The Bertz CT molecular complexity index is 672. The quantitative estimate of drug-likeness (QED) is 0.615. The molecule has 1 aliphatic rings. The zero-order valence-electron chi connectivity index (χ0n) is 13.4. The summed E-state index contributed by atoms with van der Waals surface area (Å²) in [5.74, 6) is -0.422. The number of nitrogens with zero attached hydrogens (tertiary/aromatic N) is 1. The maximum Gasteiger partial charge on any atom is 0.324 e. The number of methoxy groups -OCH3 is 1. The number of ether oxygens (including phenoxy) is 2. The fourth-order valence-corrected chi connectivity index (χ4v) is 2.91. The molecule has 1 aromatic rings. The molecule has 1 aromatic carbocycles. The number of nitrogens with two attached hydrogens (primary N) is 1. The molecule has 8 heteroatoms. The number of hydrogen-bond donors (Lipinski definition) is 1. The molecule has 1 atom stereocenters. The molecule has 1 saturated heterocycles. The molecule has 0 saturated carbocycles. The number of carbonyl (C=O) groups excluding carboxylic acids is 3. The van der Waals surface area contributed by atoms with Gasteiger partial charge >= 0.3 is 5.97 Å². The predicted octanol–water partition coefficient (Wildman–Crippen LogP) is 1.62. The van der Waals surface area contributed by atoms with Gasteiger partial charge in [-0.25, -0.2) is 0 Å². The van der Waals surface area contributed by atoms with Crippen LogP contribution in [0.1, 0.15) is 12.5 Å². The van der Waals surface area contributed by atoms with Crippen LogP contribution in [0.5, 0.6) is 5.75 Å². The molecule has 1 aliphatic heterocycles. The average molecular weight is 350 g/mol. The summed E-state index contributed by atoms with van der Waals surface area (Å²) >= 11 is 0.812. The van der Waals surface area contributed by atoms with Crippen molar-refractivity contribution >= 4 is 35.0 Å². The van der Waals surface area contributed by atoms with Crippen molar-refractivity contribution in [3.05, 3.63) is 34.7 Å². The third kappa shape index (κ3) is 4.15. The first-order chi connectivity index (χ1) is 11.5. The summed E-state index contributed by atoms with van der Waals surface area (Å²) < 4.78 is 9.85. The van der Waals surface area contributed by atoms with Gasteiger partial charge in [-0.3, -0.25) is 19.3 Å². The van der Waals surface area contributed by atoms with Crippen molar-refractivity contribution in [2.45, 2.75) is 13.0 Å². The van der Waals surface area contributed by atoms with E-state index in [0.717, 1.165) is 28.0 Å². The summed E-state index contributed by atoms with van der Waals surface area (Å²) in [6, 6.07) is 6.09. The Kier molecular flexibility index (Phi) is 5.99. The summed E-state index contributed by atoms with van der Waals surface area (Å²) in [5, 5.41) is -0.462. The van der Waals surface area contributed by atoms with Gasteiger partial charge in [-0.2, -0.15) is 0 Å². The normalized spacial score (nSPS) is 17.3. The van der Waals surface area contributed by atoms with E-state index in [4.69, 9.17) is 10.5 Å². The largest absolute Gasteiger partial charge is 0.494 e. The van der Waals surface area contributed by atoms with Gasteiger partial charge in [0.25, 0.3) is 11.1 Å². The standard InChI is InChI=1S/C16H18N2O5S/c1-3-23-11-6-4-10(5-7-11)8-13-14(19)18(16(21)24-13)9-12(17)15(20)22-2/h4-8,12H,3,9,17H2,1-2H3. The molecule has 0 bridgehead atoms. The van der Waals surface area contributed by atoms with Gasteiger partial charge in [0.15, 0.2) is 0 Å². The molecule has 24 heavy (non-hydrogen) atoms. The van der Waals surface area contributed by atoms with Crippen LogP contribution < -0.4 is 10.5 Å². The molecule has 0 spiro atoms. The van der Waals surface area contributed by atoms with Crippen molar-refractivity contribution in [1.29, 1.82) is 0 Å². The van der Waals surface area contributed by atoms with E-state index in [2.05, 4.69) is 4.74 Å². The predicted molar refractivity (Wildman–Crippen MR) is 90.3 cm³/mol. The van der Waals surface area contributed by atoms with Gasteiger partial charge < -0.3 is 15.2 Å². The molecule has 0 radical (unpaired) electrons. The Hall–Kier alpha value is -2.32.